The van der Waals surface area contributed by atoms with Crippen molar-refractivity contribution in [3.8, 4) is 11.1 Å². The Morgan fingerprint density at radius 1 is 1.03 bits per heavy atom. The summed E-state index contributed by atoms with van der Waals surface area (Å²) in [6, 6.07) is 16.4. The van der Waals surface area contributed by atoms with Gasteiger partial charge in [-0.15, -0.1) is 0 Å². The lowest BCUT2D eigenvalue weighted by Crippen LogP contribution is -2.38. The van der Waals surface area contributed by atoms with E-state index >= 15 is 0 Å². The highest BCUT2D eigenvalue weighted by Gasteiger charge is 2.32. The highest BCUT2D eigenvalue weighted by Crippen LogP contribution is 2.44. The Morgan fingerprint density at radius 2 is 1.69 bits per heavy atom. The van der Waals surface area contributed by atoms with Crippen LogP contribution in [0.25, 0.3) is 11.1 Å². The van der Waals surface area contributed by atoms with Crippen LogP contribution >= 0.6 is 0 Å². The fourth-order valence-electron chi connectivity index (χ4n) is 4.85. The Bertz CT molecular complexity index is 1030. The van der Waals surface area contributed by atoms with Crippen LogP contribution < -0.4 is 10.6 Å². The first-order chi connectivity index (χ1) is 16.9. The van der Waals surface area contributed by atoms with Crippen molar-refractivity contribution in [1.82, 2.24) is 10.6 Å². The second-order valence-electron chi connectivity index (χ2n) is 9.31. The van der Waals surface area contributed by atoms with Crippen molar-refractivity contribution in [2.24, 2.45) is 5.92 Å². The van der Waals surface area contributed by atoms with Crippen molar-refractivity contribution < 1.29 is 29.0 Å². The van der Waals surface area contributed by atoms with Gasteiger partial charge >= 0.3 is 12.1 Å². The topological polar surface area (TPSA) is 114 Å². The molecule has 8 nitrogen and oxygen atoms in total. The lowest BCUT2D eigenvalue weighted by molar-refractivity contribution is -0.138. The zero-order valence-electron chi connectivity index (χ0n) is 19.9. The van der Waals surface area contributed by atoms with E-state index in [1.165, 1.54) is 11.1 Å². The number of benzene rings is 2. The zero-order valence-corrected chi connectivity index (χ0v) is 19.9. The predicted octanol–water partition coefficient (Wildman–Crippen LogP) is 3.69. The number of carboxylic acids is 1. The van der Waals surface area contributed by atoms with Crippen LogP contribution in [0, 0.1) is 5.92 Å². The van der Waals surface area contributed by atoms with Crippen molar-refractivity contribution in [1.29, 1.82) is 0 Å². The quantitative estimate of drug-likeness (QED) is 0.478. The Hall–Kier alpha value is -3.39. The summed E-state index contributed by atoms with van der Waals surface area (Å²) in [7, 11) is 0. The Balaban J connectivity index is 1.18. The van der Waals surface area contributed by atoms with Gasteiger partial charge in [-0.1, -0.05) is 55.5 Å². The van der Waals surface area contributed by atoms with Crippen molar-refractivity contribution in [2.75, 3.05) is 19.7 Å². The van der Waals surface area contributed by atoms with E-state index in [1.54, 1.807) is 0 Å². The van der Waals surface area contributed by atoms with E-state index in [0.717, 1.165) is 11.1 Å². The highest BCUT2D eigenvalue weighted by molar-refractivity contribution is 5.81. The van der Waals surface area contributed by atoms with Gasteiger partial charge in [0.15, 0.2) is 0 Å². The second-order valence-corrected chi connectivity index (χ2v) is 9.31. The molecule has 1 saturated heterocycles. The smallest absolute Gasteiger partial charge is 0.407 e. The average Bonchev–Trinajstić information content (AvgIpc) is 3.44. The molecule has 1 fully saturated rings. The van der Waals surface area contributed by atoms with Gasteiger partial charge in [-0.2, -0.15) is 0 Å². The summed E-state index contributed by atoms with van der Waals surface area (Å²) in [5.74, 6) is -1.04. The number of carbonyl (C=O) groups is 3. The molecule has 186 valence electrons. The minimum absolute atomic E-state index is 0.00201. The van der Waals surface area contributed by atoms with Crippen LogP contribution in [0.15, 0.2) is 48.5 Å². The molecule has 4 rings (SSSR count). The van der Waals surface area contributed by atoms with Gasteiger partial charge < -0.3 is 25.2 Å². The van der Waals surface area contributed by atoms with Crippen molar-refractivity contribution in [3.05, 3.63) is 59.7 Å². The molecule has 2 amide bonds. The first-order valence-electron chi connectivity index (χ1n) is 12.2. The first kappa shape index (κ1) is 24.7. The average molecular weight is 481 g/mol. The largest absolute Gasteiger partial charge is 0.481 e. The molecule has 2 aromatic rings. The second kappa shape index (κ2) is 11.4. The molecule has 0 radical (unpaired) electrons. The Labute approximate surface area is 205 Å². The van der Waals surface area contributed by atoms with E-state index in [4.69, 9.17) is 14.6 Å². The maximum Gasteiger partial charge on any atom is 0.407 e. The van der Waals surface area contributed by atoms with Crippen molar-refractivity contribution in [3.63, 3.8) is 0 Å². The molecule has 35 heavy (non-hydrogen) atoms. The third-order valence-corrected chi connectivity index (χ3v) is 6.68. The molecule has 1 aliphatic heterocycles. The first-order valence-corrected chi connectivity index (χ1v) is 12.2. The van der Waals surface area contributed by atoms with Crippen LogP contribution in [-0.2, 0) is 19.1 Å². The van der Waals surface area contributed by atoms with Gasteiger partial charge in [0.2, 0.25) is 5.91 Å². The van der Waals surface area contributed by atoms with Crippen LogP contribution in [0.5, 0.6) is 0 Å². The molecule has 2 aliphatic rings. The summed E-state index contributed by atoms with van der Waals surface area (Å²) in [4.78, 5) is 35.4. The molecule has 0 aromatic heterocycles. The van der Waals surface area contributed by atoms with E-state index in [1.807, 2.05) is 31.2 Å². The number of rotatable bonds is 10. The van der Waals surface area contributed by atoms with E-state index in [9.17, 15) is 14.4 Å². The van der Waals surface area contributed by atoms with Gasteiger partial charge in [0.1, 0.15) is 12.7 Å². The van der Waals surface area contributed by atoms with Gasteiger partial charge in [0.25, 0.3) is 0 Å². The van der Waals surface area contributed by atoms with E-state index in [-0.39, 0.29) is 43.4 Å². The van der Waals surface area contributed by atoms with Gasteiger partial charge in [-0.3, -0.25) is 9.59 Å². The lowest BCUT2D eigenvalue weighted by Gasteiger charge is -2.17. The summed E-state index contributed by atoms with van der Waals surface area (Å²) in [5, 5.41) is 14.4. The number of nitrogens with one attached hydrogen (secondary N) is 2. The summed E-state index contributed by atoms with van der Waals surface area (Å²) < 4.78 is 11.3. The Morgan fingerprint density at radius 3 is 2.34 bits per heavy atom. The standard InChI is InChI=1S/C27H32N2O6/c1-17(14-25(30)31)12-13-28-26(32)24-11-10-18(35-24)15-29-27(33)34-16-23-21-8-4-2-6-19(21)20-7-3-5-9-22(20)23/h2-9,17-18,23-24H,10-16H2,1H3,(H,28,32)(H,29,33)(H,30,31). The lowest BCUT2D eigenvalue weighted by atomic mass is 9.98. The summed E-state index contributed by atoms with van der Waals surface area (Å²) in [6.07, 6.45) is 0.605. The number of carboxylic acid groups (broad SMARTS) is 1. The SMILES string of the molecule is CC(CCNC(=O)C1CCC(CNC(=O)OCC2c3ccccc3-c3ccccc32)O1)CC(=O)O. The fourth-order valence-corrected chi connectivity index (χ4v) is 4.85. The minimum atomic E-state index is -0.838. The molecular formula is C27H32N2O6. The van der Waals surface area contributed by atoms with Crippen LogP contribution in [0.3, 0.4) is 0 Å². The number of amides is 2. The maximum atomic E-state index is 12.4. The van der Waals surface area contributed by atoms with Crippen molar-refractivity contribution >= 4 is 18.0 Å². The molecular weight excluding hydrogens is 448 g/mol. The van der Waals surface area contributed by atoms with E-state index in [2.05, 4.69) is 34.9 Å². The number of aliphatic carboxylic acids is 1. The molecule has 0 saturated carbocycles. The fraction of sp³-hybridized carbons (Fsp3) is 0.444. The highest BCUT2D eigenvalue weighted by atomic mass is 16.5. The molecule has 3 atom stereocenters. The number of hydrogen-bond acceptors (Lipinski definition) is 5. The number of fused-ring (bicyclic) bond motifs is 3. The van der Waals surface area contributed by atoms with E-state index < -0.39 is 18.2 Å². The van der Waals surface area contributed by atoms with E-state index in [0.29, 0.717) is 25.8 Å². The molecule has 3 N–H and O–H groups in total. The van der Waals surface area contributed by atoms with Crippen LogP contribution in [0.1, 0.15) is 49.7 Å². The number of alkyl carbamates (subject to hydrolysis) is 1. The predicted molar refractivity (Wildman–Crippen MR) is 130 cm³/mol. The van der Waals surface area contributed by atoms with Crippen molar-refractivity contribution in [2.45, 2.75) is 50.7 Å². The summed E-state index contributed by atoms with van der Waals surface area (Å²) in [6.45, 7) is 2.78. The van der Waals surface area contributed by atoms with Crippen LogP contribution in [0.4, 0.5) is 4.79 Å². The third-order valence-electron chi connectivity index (χ3n) is 6.68. The number of ether oxygens (including phenoxy) is 2. The van der Waals surface area contributed by atoms with Crippen LogP contribution in [-0.4, -0.2) is 55.0 Å². The molecule has 1 aliphatic carbocycles. The molecule has 0 bridgehead atoms. The normalized spacial score (nSPS) is 19.5. The molecule has 2 aromatic carbocycles. The summed E-state index contributed by atoms with van der Waals surface area (Å²) in [5.41, 5.74) is 4.67. The van der Waals surface area contributed by atoms with Gasteiger partial charge in [-0.25, -0.2) is 4.79 Å². The van der Waals surface area contributed by atoms with Crippen LogP contribution in [0.2, 0.25) is 0 Å². The molecule has 8 heteroatoms. The van der Waals surface area contributed by atoms with Gasteiger partial charge in [-0.05, 0) is 47.4 Å². The summed E-state index contributed by atoms with van der Waals surface area (Å²) >= 11 is 0. The third kappa shape index (κ3) is 6.19. The molecule has 0 spiro atoms. The van der Waals surface area contributed by atoms with Gasteiger partial charge in [0, 0.05) is 25.4 Å². The van der Waals surface area contributed by atoms with Gasteiger partial charge in [0.05, 0.1) is 6.10 Å². The zero-order chi connectivity index (χ0) is 24.8. The minimum Gasteiger partial charge on any atom is -0.481 e. The number of carbonyl (C=O) groups excluding carboxylic acids is 2. The monoisotopic (exact) mass is 480 g/mol. The molecule has 3 unspecified atom stereocenters. The maximum absolute atomic E-state index is 12.4. The molecule has 1 heterocycles. The Kier molecular flexibility index (Phi) is 8.02. The number of hydrogen-bond donors (Lipinski definition) is 3.